The van der Waals surface area contributed by atoms with Crippen molar-refractivity contribution in [1.82, 2.24) is 4.90 Å². The SMILES string of the molecule is CCOc1c(I)cc(/C=C2/SC(=O)N(Cc3c(Cl)cccc3Cl)C2=O)cc1OC. The molecule has 152 valence electrons. The Morgan fingerprint density at radius 2 is 1.90 bits per heavy atom. The lowest BCUT2D eigenvalue weighted by molar-refractivity contribution is -0.123. The summed E-state index contributed by atoms with van der Waals surface area (Å²) in [5, 5.41) is 0.447. The summed E-state index contributed by atoms with van der Waals surface area (Å²) in [5.74, 6) is 0.820. The first-order chi connectivity index (χ1) is 13.8. The summed E-state index contributed by atoms with van der Waals surface area (Å²) in [6.07, 6.45) is 1.67. The van der Waals surface area contributed by atoms with E-state index in [-0.39, 0.29) is 17.7 Å². The van der Waals surface area contributed by atoms with Crippen LogP contribution in [-0.4, -0.2) is 29.8 Å². The number of amides is 2. The van der Waals surface area contributed by atoms with Gasteiger partial charge in [-0.15, -0.1) is 0 Å². The molecule has 9 heteroatoms. The van der Waals surface area contributed by atoms with Gasteiger partial charge in [0.05, 0.1) is 28.7 Å². The second-order valence-electron chi connectivity index (χ2n) is 5.94. The van der Waals surface area contributed by atoms with E-state index in [4.69, 9.17) is 32.7 Å². The van der Waals surface area contributed by atoms with Crippen molar-refractivity contribution in [1.29, 1.82) is 0 Å². The number of imide groups is 1. The van der Waals surface area contributed by atoms with E-state index < -0.39 is 0 Å². The number of thioether (sulfide) groups is 1. The second-order valence-corrected chi connectivity index (χ2v) is 8.90. The molecule has 0 bridgehead atoms. The highest BCUT2D eigenvalue weighted by Crippen LogP contribution is 2.38. The van der Waals surface area contributed by atoms with Gasteiger partial charge in [0.25, 0.3) is 11.1 Å². The van der Waals surface area contributed by atoms with Crippen LogP contribution in [0.25, 0.3) is 6.08 Å². The monoisotopic (exact) mass is 563 g/mol. The zero-order valence-electron chi connectivity index (χ0n) is 15.5. The highest BCUT2D eigenvalue weighted by Gasteiger charge is 2.35. The molecular weight excluding hydrogens is 548 g/mol. The van der Waals surface area contributed by atoms with E-state index in [2.05, 4.69) is 22.6 Å². The van der Waals surface area contributed by atoms with Gasteiger partial charge < -0.3 is 9.47 Å². The summed E-state index contributed by atoms with van der Waals surface area (Å²) < 4.78 is 11.9. The first-order valence-electron chi connectivity index (χ1n) is 8.54. The average Bonchev–Trinajstić information content (AvgIpc) is 2.93. The Balaban J connectivity index is 1.89. The predicted molar refractivity (Wildman–Crippen MR) is 125 cm³/mol. The molecule has 1 fully saturated rings. The highest BCUT2D eigenvalue weighted by atomic mass is 127. The number of hydrogen-bond donors (Lipinski definition) is 0. The maximum atomic E-state index is 12.8. The molecular formula is C20H16Cl2INO4S. The summed E-state index contributed by atoms with van der Waals surface area (Å²) in [4.78, 5) is 26.7. The zero-order chi connectivity index (χ0) is 21.1. The molecule has 5 nitrogen and oxygen atoms in total. The number of benzene rings is 2. The van der Waals surface area contributed by atoms with E-state index in [0.717, 1.165) is 25.8 Å². The van der Waals surface area contributed by atoms with E-state index in [0.29, 0.717) is 38.6 Å². The standard InChI is InChI=1S/C20H16Cl2INO4S/c1-3-28-18-15(23)7-11(8-16(18)27-2)9-17-19(25)24(20(26)29-17)10-12-13(21)5-4-6-14(12)22/h4-9H,3,10H2,1-2H3/b17-9+. The molecule has 0 radical (unpaired) electrons. The molecule has 1 aliphatic heterocycles. The van der Waals surface area contributed by atoms with E-state index in [9.17, 15) is 9.59 Å². The molecule has 2 aromatic carbocycles. The van der Waals surface area contributed by atoms with Gasteiger partial charge in [-0.2, -0.15) is 0 Å². The third-order valence-electron chi connectivity index (χ3n) is 4.09. The molecule has 1 aliphatic rings. The fourth-order valence-corrected chi connectivity index (χ4v) is 4.87. The molecule has 3 rings (SSSR count). The molecule has 0 aromatic heterocycles. The lowest BCUT2D eigenvalue weighted by Crippen LogP contribution is -2.27. The first-order valence-corrected chi connectivity index (χ1v) is 11.2. The van der Waals surface area contributed by atoms with Crippen LogP contribution in [0.15, 0.2) is 35.2 Å². The maximum absolute atomic E-state index is 12.8. The van der Waals surface area contributed by atoms with Crippen LogP contribution in [0.2, 0.25) is 10.0 Å². The van der Waals surface area contributed by atoms with Gasteiger partial charge in [-0.1, -0.05) is 29.3 Å². The number of rotatable bonds is 6. The van der Waals surface area contributed by atoms with Crippen LogP contribution in [0, 0.1) is 3.57 Å². The Hall–Kier alpha value is -1.42. The zero-order valence-corrected chi connectivity index (χ0v) is 20.0. The Bertz CT molecular complexity index is 992. The Morgan fingerprint density at radius 3 is 2.52 bits per heavy atom. The number of nitrogens with zero attached hydrogens (tertiary/aromatic N) is 1. The minimum atomic E-state index is -0.390. The topological polar surface area (TPSA) is 55.8 Å². The van der Waals surface area contributed by atoms with Crippen LogP contribution in [0.5, 0.6) is 11.5 Å². The maximum Gasteiger partial charge on any atom is 0.293 e. The van der Waals surface area contributed by atoms with E-state index in [1.807, 2.05) is 13.0 Å². The van der Waals surface area contributed by atoms with Crippen molar-refractivity contribution < 1.29 is 19.1 Å². The molecule has 1 saturated heterocycles. The summed E-state index contributed by atoms with van der Waals surface area (Å²) >= 11 is 15.4. The van der Waals surface area contributed by atoms with Crippen molar-refractivity contribution in [2.75, 3.05) is 13.7 Å². The summed E-state index contributed by atoms with van der Waals surface area (Å²) in [6, 6.07) is 8.69. The van der Waals surface area contributed by atoms with E-state index in [1.165, 1.54) is 0 Å². The largest absolute Gasteiger partial charge is 0.493 e. The van der Waals surface area contributed by atoms with E-state index in [1.54, 1.807) is 37.5 Å². The Morgan fingerprint density at radius 1 is 1.21 bits per heavy atom. The molecule has 2 aromatic rings. The molecule has 0 aliphatic carbocycles. The third-order valence-corrected chi connectivity index (χ3v) is 6.51. The fourth-order valence-electron chi connectivity index (χ4n) is 2.74. The number of hydrogen-bond acceptors (Lipinski definition) is 5. The lowest BCUT2D eigenvalue weighted by Gasteiger charge is -2.15. The van der Waals surface area contributed by atoms with Crippen LogP contribution < -0.4 is 9.47 Å². The Kier molecular flexibility index (Phi) is 7.37. The summed E-state index contributed by atoms with van der Waals surface area (Å²) in [5.41, 5.74) is 1.27. The predicted octanol–water partition coefficient (Wildman–Crippen LogP) is 6.24. The smallest absolute Gasteiger partial charge is 0.293 e. The van der Waals surface area contributed by atoms with Gasteiger partial charge in [0.2, 0.25) is 0 Å². The van der Waals surface area contributed by atoms with Gasteiger partial charge in [0, 0.05) is 15.6 Å². The van der Waals surface area contributed by atoms with Gasteiger partial charge in [-0.3, -0.25) is 14.5 Å². The van der Waals surface area contributed by atoms with Crippen LogP contribution in [0.1, 0.15) is 18.1 Å². The summed E-state index contributed by atoms with van der Waals surface area (Å²) in [6.45, 7) is 2.42. The van der Waals surface area contributed by atoms with Crippen molar-refractivity contribution >= 4 is 74.8 Å². The van der Waals surface area contributed by atoms with Gasteiger partial charge in [-0.25, -0.2) is 0 Å². The summed E-state index contributed by atoms with van der Waals surface area (Å²) in [7, 11) is 1.55. The normalized spacial score (nSPS) is 15.3. The van der Waals surface area contributed by atoms with Crippen molar-refractivity contribution in [3.05, 3.63) is 60.0 Å². The molecule has 0 unspecified atom stereocenters. The quantitative estimate of drug-likeness (QED) is 0.307. The molecule has 0 atom stereocenters. The van der Waals surface area contributed by atoms with Crippen LogP contribution in [0.4, 0.5) is 4.79 Å². The third kappa shape index (κ3) is 4.84. The van der Waals surface area contributed by atoms with E-state index >= 15 is 0 Å². The molecule has 2 amide bonds. The average molecular weight is 564 g/mol. The van der Waals surface area contributed by atoms with Crippen molar-refractivity contribution in [2.24, 2.45) is 0 Å². The number of carbonyl (C=O) groups is 2. The molecule has 0 saturated carbocycles. The minimum Gasteiger partial charge on any atom is -0.493 e. The highest BCUT2D eigenvalue weighted by molar-refractivity contribution is 14.1. The first kappa shape index (κ1) is 22.3. The van der Waals surface area contributed by atoms with Crippen LogP contribution in [0.3, 0.4) is 0 Å². The second kappa shape index (κ2) is 9.59. The van der Waals surface area contributed by atoms with Crippen LogP contribution in [-0.2, 0) is 11.3 Å². The van der Waals surface area contributed by atoms with Crippen LogP contribution >= 0.6 is 57.6 Å². The lowest BCUT2D eigenvalue weighted by atomic mass is 10.1. The number of methoxy groups -OCH3 is 1. The van der Waals surface area contributed by atoms with Crippen molar-refractivity contribution in [3.63, 3.8) is 0 Å². The number of carbonyl (C=O) groups excluding carboxylic acids is 2. The van der Waals surface area contributed by atoms with Gasteiger partial charge in [-0.05, 0) is 77.2 Å². The molecule has 0 spiro atoms. The fraction of sp³-hybridized carbons (Fsp3) is 0.200. The van der Waals surface area contributed by atoms with Crippen molar-refractivity contribution in [3.8, 4) is 11.5 Å². The Labute approximate surface area is 196 Å². The van der Waals surface area contributed by atoms with Gasteiger partial charge >= 0.3 is 0 Å². The number of halogens is 3. The molecule has 1 heterocycles. The minimum absolute atomic E-state index is 0.0185. The van der Waals surface area contributed by atoms with Gasteiger partial charge in [0.1, 0.15) is 0 Å². The van der Waals surface area contributed by atoms with Crippen molar-refractivity contribution in [2.45, 2.75) is 13.5 Å². The molecule has 29 heavy (non-hydrogen) atoms. The molecule has 0 N–H and O–H groups in total. The number of ether oxygens (including phenoxy) is 2. The van der Waals surface area contributed by atoms with Gasteiger partial charge in [0.15, 0.2) is 11.5 Å².